The summed E-state index contributed by atoms with van der Waals surface area (Å²) in [6, 6.07) is 1.64. The van der Waals surface area contributed by atoms with Crippen LogP contribution < -0.4 is 11.3 Å². The van der Waals surface area contributed by atoms with E-state index in [-0.39, 0.29) is 11.5 Å². The van der Waals surface area contributed by atoms with Crippen LogP contribution in [0.1, 0.15) is 42.1 Å². The van der Waals surface area contributed by atoms with E-state index in [9.17, 15) is 4.79 Å². The van der Waals surface area contributed by atoms with Crippen LogP contribution >= 0.6 is 0 Å². The zero-order valence-electron chi connectivity index (χ0n) is 11.9. The van der Waals surface area contributed by atoms with Gasteiger partial charge in [0.15, 0.2) is 0 Å². The van der Waals surface area contributed by atoms with Crippen LogP contribution in [0.3, 0.4) is 0 Å². The Hall–Kier alpha value is -1.37. The Kier molecular flexibility index (Phi) is 5.53. The fraction of sp³-hybridized carbons (Fsp3) is 0.615. The lowest BCUT2D eigenvalue weighted by molar-refractivity contribution is -0.0144. The number of hydrogen-bond acceptors (Lipinski definition) is 5. The van der Waals surface area contributed by atoms with Crippen LogP contribution in [0, 0.1) is 6.92 Å². The van der Waals surface area contributed by atoms with Crippen molar-refractivity contribution in [3.63, 3.8) is 0 Å². The highest BCUT2D eigenvalue weighted by molar-refractivity contribution is 5.94. The maximum atomic E-state index is 11.4. The number of carbonyl (C=O) groups excluding carboxylic acids is 1. The summed E-state index contributed by atoms with van der Waals surface area (Å²) in [5.74, 6) is 5.84. The van der Waals surface area contributed by atoms with Crippen LogP contribution in [0.4, 0.5) is 0 Å². The van der Waals surface area contributed by atoms with Gasteiger partial charge in [-0.3, -0.25) is 10.2 Å². The molecule has 0 saturated carbocycles. The first-order chi connectivity index (χ1) is 8.89. The molecule has 0 aliphatic carbocycles. The molecule has 1 heterocycles. The number of methoxy groups -OCH3 is 1. The largest absolute Gasteiger partial charge is 0.463 e. The highest BCUT2D eigenvalue weighted by Gasteiger charge is 2.17. The van der Waals surface area contributed by atoms with Crippen molar-refractivity contribution in [1.82, 2.24) is 5.43 Å². The zero-order valence-corrected chi connectivity index (χ0v) is 11.9. The van der Waals surface area contributed by atoms with Crippen molar-refractivity contribution in [3.05, 3.63) is 23.2 Å². The predicted octanol–water partition coefficient (Wildman–Crippen LogP) is 1.52. The van der Waals surface area contributed by atoms with Gasteiger partial charge < -0.3 is 13.9 Å². The molecule has 108 valence electrons. The molecule has 1 amide bonds. The zero-order chi connectivity index (χ0) is 14.5. The molecule has 6 heteroatoms. The van der Waals surface area contributed by atoms with E-state index in [0.717, 1.165) is 6.42 Å². The van der Waals surface area contributed by atoms with Crippen molar-refractivity contribution < 1.29 is 18.7 Å². The molecule has 0 atom stereocenters. The monoisotopic (exact) mass is 270 g/mol. The van der Waals surface area contributed by atoms with E-state index in [4.69, 9.17) is 19.7 Å². The molecule has 0 radical (unpaired) electrons. The topological polar surface area (TPSA) is 86.7 Å². The summed E-state index contributed by atoms with van der Waals surface area (Å²) in [6.45, 7) is 6.58. The van der Waals surface area contributed by atoms with E-state index in [1.807, 2.05) is 13.8 Å². The Bertz CT molecular complexity index is 426. The van der Waals surface area contributed by atoms with E-state index >= 15 is 0 Å². The lowest BCUT2D eigenvalue weighted by atomic mass is 10.1. The first kappa shape index (κ1) is 15.7. The minimum atomic E-state index is -0.368. The van der Waals surface area contributed by atoms with Crippen molar-refractivity contribution in [3.8, 4) is 0 Å². The second-order valence-corrected chi connectivity index (χ2v) is 4.92. The van der Waals surface area contributed by atoms with Crippen molar-refractivity contribution in [2.24, 2.45) is 5.84 Å². The average molecular weight is 270 g/mol. The Balaban J connectivity index is 2.44. The fourth-order valence-electron chi connectivity index (χ4n) is 1.51. The second-order valence-electron chi connectivity index (χ2n) is 4.92. The van der Waals surface area contributed by atoms with Gasteiger partial charge in [-0.05, 0) is 33.3 Å². The van der Waals surface area contributed by atoms with Crippen molar-refractivity contribution in [2.45, 2.75) is 39.4 Å². The standard InChI is InChI=1S/C13H22N2O4/c1-9-11(12(16)15-14)7-10(19-9)8-18-6-5-13(2,3)17-4/h7H,5-6,8,14H2,1-4H3,(H,15,16). The molecule has 0 spiro atoms. The molecule has 0 aliphatic heterocycles. The number of amides is 1. The summed E-state index contributed by atoms with van der Waals surface area (Å²) in [7, 11) is 1.67. The van der Waals surface area contributed by atoms with Gasteiger partial charge in [0.1, 0.15) is 18.1 Å². The van der Waals surface area contributed by atoms with Crippen LogP contribution in [-0.4, -0.2) is 25.2 Å². The number of ether oxygens (including phenoxy) is 2. The fourth-order valence-corrected chi connectivity index (χ4v) is 1.51. The van der Waals surface area contributed by atoms with E-state index in [1.165, 1.54) is 0 Å². The Morgan fingerprint density at radius 1 is 1.53 bits per heavy atom. The molecule has 0 unspecified atom stereocenters. The predicted molar refractivity (Wildman–Crippen MR) is 70.5 cm³/mol. The van der Waals surface area contributed by atoms with Crippen LogP contribution in [0.2, 0.25) is 0 Å². The Morgan fingerprint density at radius 3 is 2.79 bits per heavy atom. The Labute approximate surface area is 113 Å². The number of rotatable bonds is 7. The SMILES string of the molecule is COC(C)(C)CCOCc1cc(C(=O)NN)c(C)o1. The quantitative estimate of drug-likeness (QED) is 0.339. The van der Waals surface area contributed by atoms with E-state index < -0.39 is 0 Å². The van der Waals surface area contributed by atoms with E-state index in [2.05, 4.69) is 5.43 Å². The molecule has 0 fully saturated rings. The van der Waals surface area contributed by atoms with Crippen molar-refractivity contribution in [1.29, 1.82) is 0 Å². The third-order valence-electron chi connectivity index (χ3n) is 2.99. The van der Waals surface area contributed by atoms with Crippen molar-refractivity contribution in [2.75, 3.05) is 13.7 Å². The van der Waals surface area contributed by atoms with Crippen LogP contribution in [0.5, 0.6) is 0 Å². The molecule has 0 aliphatic rings. The van der Waals surface area contributed by atoms with Crippen LogP contribution in [0.15, 0.2) is 10.5 Å². The normalized spacial score (nSPS) is 11.6. The van der Waals surface area contributed by atoms with Gasteiger partial charge in [0.2, 0.25) is 0 Å². The lowest BCUT2D eigenvalue weighted by Gasteiger charge is -2.22. The molecule has 1 aromatic heterocycles. The molecular formula is C13H22N2O4. The molecule has 6 nitrogen and oxygen atoms in total. The third-order valence-corrected chi connectivity index (χ3v) is 2.99. The average Bonchev–Trinajstić information content (AvgIpc) is 2.75. The summed E-state index contributed by atoms with van der Waals surface area (Å²) in [5, 5.41) is 0. The molecular weight excluding hydrogens is 248 g/mol. The summed E-state index contributed by atoms with van der Waals surface area (Å²) in [6.07, 6.45) is 0.777. The van der Waals surface area contributed by atoms with Gasteiger partial charge >= 0.3 is 0 Å². The molecule has 0 saturated heterocycles. The van der Waals surface area contributed by atoms with E-state index in [1.54, 1.807) is 20.1 Å². The van der Waals surface area contributed by atoms with Crippen molar-refractivity contribution >= 4 is 5.91 Å². The number of nitrogen functional groups attached to an aromatic ring is 1. The van der Waals surface area contributed by atoms with Gasteiger partial charge in [-0.25, -0.2) is 5.84 Å². The highest BCUT2D eigenvalue weighted by atomic mass is 16.5. The molecule has 1 rings (SSSR count). The Morgan fingerprint density at radius 2 is 2.21 bits per heavy atom. The van der Waals surface area contributed by atoms with Gasteiger partial charge in [-0.15, -0.1) is 0 Å². The van der Waals surface area contributed by atoms with Gasteiger partial charge in [0, 0.05) is 13.7 Å². The minimum Gasteiger partial charge on any atom is -0.463 e. The number of furan rings is 1. The number of aryl methyl sites for hydroxylation is 1. The first-order valence-electron chi connectivity index (χ1n) is 6.13. The van der Waals surface area contributed by atoms with Crippen LogP contribution in [0.25, 0.3) is 0 Å². The lowest BCUT2D eigenvalue weighted by Crippen LogP contribution is -2.30. The van der Waals surface area contributed by atoms with Gasteiger partial charge in [-0.1, -0.05) is 0 Å². The number of hydrazine groups is 1. The number of nitrogens with one attached hydrogen (secondary N) is 1. The van der Waals surface area contributed by atoms with Gasteiger partial charge in [-0.2, -0.15) is 0 Å². The summed E-state index contributed by atoms with van der Waals surface area (Å²) < 4.78 is 16.2. The molecule has 0 aromatic carbocycles. The first-order valence-corrected chi connectivity index (χ1v) is 6.13. The van der Waals surface area contributed by atoms with Gasteiger partial charge in [0.05, 0.1) is 11.2 Å². The molecule has 3 N–H and O–H groups in total. The molecule has 19 heavy (non-hydrogen) atoms. The third kappa shape index (κ3) is 4.66. The number of nitrogens with two attached hydrogens (primary N) is 1. The van der Waals surface area contributed by atoms with Gasteiger partial charge in [0.25, 0.3) is 5.91 Å². The van der Waals surface area contributed by atoms with Crippen LogP contribution in [-0.2, 0) is 16.1 Å². The smallest absolute Gasteiger partial charge is 0.268 e. The molecule has 0 bridgehead atoms. The minimum absolute atomic E-state index is 0.205. The number of carbonyl (C=O) groups is 1. The van der Waals surface area contributed by atoms with E-state index in [0.29, 0.717) is 30.3 Å². The maximum absolute atomic E-state index is 11.4. The maximum Gasteiger partial charge on any atom is 0.268 e. The second kappa shape index (κ2) is 6.70. The molecule has 1 aromatic rings. The summed E-state index contributed by atoms with van der Waals surface area (Å²) in [5.41, 5.74) is 2.30. The summed E-state index contributed by atoms with van der Waals surface area (Å²) >= 11 is 0. The summed E-state index contributed by atoms with van der Waals surface area (Å²) in [4.78, 5) is 11.4. The number of hydrogen-bond donors (Lipinski definition) is 2. The highest BCUT2D eigenvalue weighted by Crippen LogP contribution is 2.17.